The number of sulfonamides is 1. The Kier molecular flexibility index (Phi) is 5.18. The second-order valence-corrected chi connectivity index (χ2v) is 9.67. The molecule has 1 aliphatic heterocycles. The Labute approximate surface area is 158 Å². The Hall–Kier alpha value is -0.730. The fourth-order valence-corrected chi connectivity index (χ4v) is 5.22. The summed E-state index contributed by atoms with van der Waals surface area (Å²) in [5, 5.41) is 10.9. The van der Waals surface area contributed by atoms with Gasteiger partial charge < -0.3 is 5.11 Å². The maximum Gasteiger partial charge on any atom is 0.243 e. The van der Waals surface area contributed by atoms with Gasteiger partial charge in [0.05, 0.1) is 10.5 Å². The van der Waals surface area contributed by atoms with Crippen molar-refractivity contribution >= 4 is 41.9 Å². The maximum atomic E-state index is 12.7. The van der Waals surface area contributed by atoms with Gasteiger partial charge in [0.25, 0.3) is 0 Å². The van der Waals surface area contributed by atoms with Crippen molar-refractivity contribution in [3.63, 3.8) is 0 Å². The molecule has 1 saturated heterocycles. The highest BCUT2D eigenvalue weighted by molar-refractivity contribution is 9.10. The smallest absolute Gasteiger partial charge is 0.243 e. The zero-order valence-corrected chi connectivity index (χ0v) is 16.8. The van der Waals surface area contributed by atoms with E-state index in [0.717, 1.165) is 14.5 Å². The zero-order chi connectivity index (χ0) is 17.4. The van der Waals surface area contributed by atoms with E-state index in [4.69, 9.17) is 0 Å². The molecule has 0 saturated carbocycles. The summed E-state index contributed by atoms with van der Waals surface area (Å²) in [5.74, 6) is 0. The van der Waals surface area contributed by atoms with E-state index in [-0.39, 0.29) is 4.90 Å². The quantitative estimate of drug-likeness (QED) is 0.734. The number of hydrogen-bond acceptors (Lipinski definition) is 3. The minimum Gasteiger partial charge on any atom is -0.385 e. The van der Waals surface area contributed by atoms with E-state index in [2.05, 4.69) is 31.9 Å². The Balaban J connectivity index is 1.78. The lowest BCUT2D eigenvalue weighted by molar-refractivity contribution is -0.00962. The molecule has 0 spiro atoms. The van der Waals surface area contributed by atoms with Crippen molar-refractivity contribution in [2.45, 2.75) is 23.3 Å². The Bertz CT molecular complexity index is 829. The molecule has 0 atom stereocenters. The number of aliphatic hydroxyl groups is 1. The van der Waals surface area contributed by atoms with Gasteiger partial charge in [-0.05, 0) is 48.7 Å². The minimum absolute atomic E-state index is 0.269. The van der Waals surface area contributed by atoms with Crippen LogP contribution in [-0.4, -0.2) is 30.9 Å². The maximum absolute atomic E-state index is 12.7. The molecule has 2 aromatic carbocycles. The lowest BCUT2D eigenvalue weighted by Crippen LogP contribution is -2.45. The Morgan fingerprint density at radius 3 is 2.17 bits per heavy atom. The van der Waals surface area contributed by atoms with Crippen LogP contribution >= 0.6 is 31.9 Å². The van der Waals surface area contributed by atoms with E-state index < -0.39 is 15.6 Å². The second kappa shape index (κ2) is 6.88. The standard InChI is InChI=1S/C17H17Br2NO3S/c18-14-6-4-13(5-7-14)17(21)8-10-20(11-9-17)24(22,23)16-3-1-2-15(19)12-16/h1-7,12,21H,8-11H2. The molecule has 0 aromatic heterocycles. The average Bonchev–Trinajstić information content (AvgIpc) is 2.56. The third kappa shape index (κ3) is 3.60. The lowest BCUT2D eigenvalue weighted by atomic mass is 9.85. The van der Waals surface area contributed by atoms with Crippen LogP contribution in [0.4, 0.5) is 0 Å². The SMILES string of the molecule is O=S(=O)(c1cccc(Br)c1)N1CCC(O)(c2ccc(Br)cc2)CC1. The van der Waals surface area contributed by atoms with Crippen LogP contribution in [0.5, 0.6) is 0 Å². The zero-order valence-electron chi connectivity index (χ0n) is 12.8. The summed E-state index contributed by atoms with van der Waals surface area (Å²) in [4.78, 5) is 0.269. The molecule has 0 bridgehead atoms. The largest absolute Gasteiger partial charge is 0.385 e. The topological polar surface area (TPSA) is 57.6 Å². The normalized spacial score (nSPS) is 18.5. The van der Waals surface area contributed by atoms with Gasteiger partial charge in [0.1, 0.15) is 0 Å². The van der Waals surface area contributed by atoms with Gasteiger partial charge in [-0.15, -0.1) is 0 Å². The first kappa shape index (κ1) is 18.1. The molecule has 7 heteroatoms. The van der Waals surface area contributed by atoms with Crippen LogP contribution in [-0.2, 0) is 15.6 Å². The van der Waals surface area contributed by atoms with E-state index >= 15 is 0 Å². The van der Waals surface area contributed by atoms with Gasteiger partial charge in [0.15, 0.2) is 0 Å². The first-order chi connectivity index (χ1) is 11.3. The number of piperidine rings is 1. The predicted molar refractivity (Wildman–Crippen MR) is 100 cm³/mol. The van der Waals surface area contributed by atoms with E-state index in [9.17, 15) is 13.5 Å². The summed E-state index contributed by atoms with van der Waals surface area (Å²) >= 11 is 6.69. The summed E-state index contributed by atoms with van der Waals surface area (Å²) in [6, 6.07) is 14.2. The van der Waals surface area contributed by atoms with E-state index in [1.165, 1.54) is 4.31 Å². The van der Waals surface area contributed by atoms with Gasteiger partial charge >= 0.3 is 0 Å². The van der Waals surface area contributed by atoms with Crippen molar-refractivity contribution in [3.8, 4) is 0 Å². The van der Waals surface area contributed by atoms with Crippen LogP contribution < -0.4 is 0 Å². The lowest BCUT2D eigenvalue weighted by Gasteiger charge is -2.38. The van der Waals surface area contributed by atoms with Crippen LogP contribution in [0.3, 0.4) is 0 Å². The average molecular weight is 475 g/mol. The number of nitrogens with zero attached hydrogens (tertiary/aromatic N) is 1. The number of rotatable bonds is 3. The van der Waals surface area contributed by atoms with Crippen molar-refractivity contribution < 1.29 is 13.5 Å². The van der Waals surface area contributed by atoms with Crippen molar-refractivity contribution in [3.05, 3.63) is 63.0 Å². The molecule has 0 aliphatic carbocycles. The van der Waals surface area contributed by atoms with Gasteiger partial charge in [-0.2, -0.15) is 4.31 Å². The van der Waals surface area contributed by atoms with Gasteiger partial charge in [0, 0.05) is 22.0 Å². The number of benzene rings is 2. The summed E-state index contributed by atoms with van der Waals surface area (Å²) in [6.45, 7) is 0.586. The van der Waals surface area contributed by atoms with Gasteiger partial charge in [-0.25, -0.2) is 8.42 Å². The van der Waals surface area contributed by atoms with Crippen LogP contribution in [0.15, 0.2) is 62.4 Å². The highest BCUT2D eigenvalue weighted by Gasteiger charge is 2.38. The Morgan fingerprint density at radius 2 is 1.58 bits per heavy atom. The highest BCUT2D eigenvalue weighted by Crippen LogP contribution is 2.35. The molecular formula is C17H17Br2NO3S. The highest BCUT2D eigenvalue weighted by atomic mass is 79.9. The van der Waals surface area contributed by atoms with Crippen molar-refractivity contribution in [1.29, 1.82) is 0 Å². The summed E-state index contributed by atoms with van der Waals surface area (Å²) in [7, 11) is -3.54. The Morgan fingerprint density at radius 1 is 0.958 bits per heavy atom. The predicted octanol–water partition coefficient (Wildman–Crippen LogP) is 3.88. The van der Waals surface area contributed by atoms with Gasteiger partial charge in [0.2, 0.25) is 10.0 Å². The molecule has 1 N–H and O–H groups in total. The van der Waals surface area contributed by atoms with Gasteiger partial charge in [-0.1, -0.05) is 50.1 Å². The molecule has 0 radical (unpaired) electrons. The molecule has 1 fully saturated rings. The monoisotopic (exact) mass is 473 g/mol. The fraction of sp³-hybridized carbons (Fsp3) is 0.294. The van der Waals surface area contributed by atoms with Crippen molar-refractivity contribution in [1.82, 2.24) is 4.31 Å². The third-order valence-electron chi connectivity index (χ3n) is 4.36. The molecular weight excluding hydrogens is 458 g/mol. The summed E-state index contributed by atoms with van der Waals surface area (Å²) in [5.41, 5.74) is -0.158. The minimum atomic E-state index is -3.54. The van der Waals surface area contributed by atoms with Crippen LogP contribution in [0.2, 0.25) is 0 Å². The fourth-order valence-electron chi connectivity index (χ4n) is 2.92. The van der Waals surface area contributed by atoms with Crippen LogP contribution in [0.25, 0.3) is 0 Å². The summed E-state index contributed by atoms with van der Waals surface area (Å²) < 4.78 is 28.6. The molecule has 1 heterocycles. The van der Waals surface area contributed by atoms with E-state index in [1.54, 1.807) is 24.3 Å². The molecule has 4 nitrogen and oxygen atoms in total. The van der Waals surface area contributed by atoms with E-state index in [1.807, 2.05) is 24.3 Å². The summed E-state index contributed by atoms with van der Waals surface area (Å²) in [6.07, 6.45) is 0.754. The number of hydrogen-bond donors (Lipinski definition) is 1. The van der Waals surface area contributed by atoms with Crippen molar-refractivity contribution in [2.75, 3.05) is 13.1 Å². The van der Waals surface area contributed by atoms with Gasteiger partial charge in [-0.3, -0.25) is 0 Å². The third-order valence-corrected chi connectivity index (χ3v) is 7.28. The molecule has 1 aliphatic rings. The second-order valence-electron chi connectivity index (χ2n) is 5.90. The first-order valence-electron chi connectivity index (χ1n) is 7.55. The van der Waals surface area contributed by atoms with Crippen LogP contribution in [0.1, 0.15) is 18.4 Å². The first-order valence-corrected chi connectivity index (χ1v) is 10.6. The van der Waals surface area contributed by atoms with E-state index in [0.29, 0.717) is 25.9 Å². The molecule has 0 unspecified atom stereocenters. The molecule has 2 aromatic rings. The molecule has 0 amide bonds. The number of halogens is 2. The van der Waals surface area contributed by atoms with Crippen LogP contribution in [0, 0.1) is 0 Å². The molecule has 3 rings (SSSR count). The molecule has 128 valence electrons. The molecule has 24 heavy (non-hydrogen) atoms. The van der Waals surface area contributed by atoms with Crippen molar-refractivity contribution in [2.24, 2.45) is 0 Å².